The van der Waals surface area contributed by atoms with E-state index in [2.05, 4.69) is 10.4 Å². The molecule has 1 aromatic carbocycles. The number of halogens is 3. The number of hydrogen-bond acceptors (Lipinski definition) is 3. The van der Waals surface area contributed by atoms with Gasteiger partial charge in [-0.2, -0.15) is 0 Å². The molecule has 0 saturated heterocycles. The molecule has 1 atom stereocenters. The SMILES string of the molecule is NNC(Cc1ccncc1)c1c(F)cc(F)cc1F. The highest BCUT2D eigenvalue weighted by atomic mass is 19.1. The molecule has 0 aliphatic rings. The number of nitrogens with zero attached hydrogens (tertiary/aromatic N) is 1. The minimum atomic E-state index is -0.963. The maximum Gasteiger partial charge on any atom is 0.133 e. The van der Waals surface area contributed by atoms with E-state index in [4.69, 9.17) is 5.84 Å². The zero-order valence-corrected chi connectivity index (χ0v) is 9.91. The molecule has 2 aromatic rings. The lowest BCUT2D eigenvalue weighted by molar-refractivity contribution is 0.462. The molecule has 1 heterocycles. The monoisotopic (exact) mass is 267 g/mol. The first-order chi connectivity index (χ1) is 9.11. The Labute approximate surface area is 108 Å². The Hall–Kier alpha value is -1.92. The Bertz CT molecular complexity index is 537. The molecule has 0 radical (unpaired) electrons. The van der Waals surface area contributed by atoms with Crippen molar-refractivity contribution < 1.29 is 13.2 Å². The van der Waals surface area contributed by atoms with Gasteiger partial charge in [0, 0.05) is 30.1 Å². The molecule has 19 heavy (non-hydrogen) atoms. The van der Waals surface area contributed by atoms with Crippen molar-refractivity contribution in [1.82, 2.24) is 10.4 Å². The van der Waals surface area contributed by atoms with E-state index in [1.807, 2.05) is 0 Å². The van der Waals surface area contributed by atoms with E-state index < -0.39 is 23.5 Å². The fraction of sp³-hybridized carbons (Fsp3) is 0.154. The zero-order valence-electron chi connectivity index (χ0n) is 9.91. The summed E-state index contributed by atoms with van der Waals surface area (Å²) in [6.07, 6.45) is 3.40. The Kier molecular flexibility index (Phi) is 4.13. The molecule has 0 saturated carbocycles. The van der Waals surface area contributed by atoms with Gasteiger partial charge < -0.3 is 0 Å². The second kappa shape index (κ2) is 5.81. The van der Waals surface area contributed by atoms with Gasteiger partial charge in [0.1, 0.15) is 17.5 Å². The topological polar surface area (TPSA) is 50.9 Å². The standard InChI is InChI=1S/C13H12F3N3/c14-9-6-10(15)13(11(16)7-9)12(19-17)5-8-1-3-18-4-2-8/h1-4,6-7,12,19H,5,17H2. The summed E-state index contributed by atoms with van der Waals surface area (Å²) in [5.41, 5.74) is 2.87. The predicted molar refractivity (Wildman–Crippen MR) is 64.3 cm³/mol. The third-order valence-electron chi connectivity index (χ3n) is 2.78. The van der Waals surface area contributed by atoms with E-state index in [9.17, 15) is 13.2 Å². The summed E-state index contributed by atoms with van der Waals surface area (Å²) >= 11 is 0. The highest BCUT2D eigenvalue weighted by molar-refractivity contribution is 5.26. The third-order valence-corrected chi connectivity index (χ3v) is 2.78. The number of nitrogens with two attached hydrogens (primary N) is 1. The number of nitrogens with one attached hydrogen (secondary N) is 1. The molecule has 1 aromatic heterocycles. The average Bonchev–Trinajstić information content (AvgIpc) is 2.37. The maximum atomic E-state index is 13.7. The molecule has 0 spiro atoms. The number of aromatic nitrogens is 1. The number of benzene rings is 1. The molecule has 0 bridgehead atoms. The summed E-state index contributed by atoms with van der Waals surface area (Å²) in [7, 11) is 0. The normalized spacial score (nSPS) is 12.4. The molecule has 6 heteroatoms. The van der Waals surface area contributed by atoms with Gasteiger partial charge in [-0.3, -0.25) is 16.3 Å². The summed E-state index contributed by atoms with van der Waals surface area (Å²) in [5.74, 6) is 2.45. The van der Waals surface area contributed by atoms with Gasteiger partial charge in [-0.15, -0.1) is 0 Å². The quantitative estimate of drug-likeness (QED) is 0.660. The molecule has 1 unspecified atom stereocenters. The van der Waals surface area contributed by atoms with Crippen molar-refractivity contribution >= 4 is 0 Å². The van der Waals surface area contributed by atoms with Crippen molar-refractivity contribution in [2.75, 3.05) is 0 Å². The van der Waals surface area contributed by atoms with E-state index in [0.717, 1.165) is 5.56 Å². The number of hydrogen-bond donors (Lipinski definition) is 2. The van der Waals surface area contributed by atoms with Crippen molar-refractivity contribution in [2.45, 2.75) is 12.5 Å². The largest absolute Gasteiger partial charge is 0.271 e. The first-order valence-electron chi connectivity index (χ1n) is 5.61. The summed E-state index contributed by atoms with van der Waals surface area (Å²) < 4.78 is 40.2. The Morgan fingerprint density at radius 3 is 2.21 bits per heavy atom. The van der Waals surface area contributed by atoms with Crippen LogP contribution in [-0.4, -0.2) is 4.98 Å². The summed E-state index contributed by atoms with van der Waals surface area (Å²) in [4.78, 5) is 3.85. The lowest BCUT2D eigenvalue weighted by atomic mass is 9.99. The summed E-state index contributed by atoms with van der Waals surface area (Å²) in [5, 5.41) is 0. The Balaban J connectivity index is 2.32. The molecule has 0 aliphatic carbocycles. The van der Waals surface area contributed by atoms with Gasteiger partial charge >= 0.3 is 0 Å². The van der Waals surface area contributed by atoms with Crippen LogP contribution in [0.25, 0.3) is 0 Å². The highest BCUT2D eigenvalue weighted by Crippen LogP contribution is 2.24. The zero-order chi connectivity index (χ0) is 13.8. The van der Waals surface area contributed by atoms with Gasteiger partial charge in [0.25, 0.3) is 0 Å². The second-order valence-corrected chi connectivity index (χ2v) is 4.06. The van der Waals surface area contributed by atoms with E-state index >= 15 is 0 Å². The highest BCUT2D eigenvalue weighted by Gasteiger charge is 2.20. The van der Waals surface area contributed by atoms with Crippen LogP contribution in [0.2, 0.25) is 0 Å². The smallest absolute Gasteiger partial charge is 0.133 e. The summed E-state index contributed by atoms with van der Waals surface area (Å²) in [6.45, 7) is 0. The van der Waals surface area contributed by atoms with Crippen molar-refractivity contribution in [2.24, 2.45) is 5.84 Å². The minimum Gasteiger partial charge on any atom is -0.271 e. The molecular weight excluding hydrogens is 255 g/mol. The molecule has 0 fully saturated rings. The van der Waals surface area contributed by atoms with Crippen molar-refractivity contribution in [1.29, 1.82) is 0 Å². The fourth-order valence-electron chi connectivity index (χ4n) is 1.89. The van der Waals surface area contributed by atoms with Crippen LogP contribution in [-0.2, 0) is 6.42 Å². The van der Waals surface area contributed by atoms with Gasteiger partial charge in [0.05, 0.1) is 6.04 Å². The first kappa shape index (κ1) is 13.5. The number of pyridine rings is 1. The van der Waals surface area contributed by atoms with Gasteiger partial charge in [-0.05, 0) is 24.1 Å². The van der Waals surface area contributed by atoms with Crippen LogP contribution >= 0.6 is 0 Å². The first-order valence-corrected chi connectivity index (χ1v) is 5.61. The summed E-state index contributed by atoms with van der Waals surface area (Å²) in [6, 6.07) is 3.90. The minimum absolute atomic E-state index is 0.262. The van der Waals surface area contributed by atoms with Gasteiger partial charge in [-0.25, -0.2) is 13.2 Å². The lowest BCUT2D eigenvalue weighted by Crippen LogP contribution is -2.31. The molecule has 3 nitrogen and oxygen atoms in total. The molecule has 0 amide bonds. The molecular formula is C13H12F3N3. The van der Waals surface area contributed by atoms with Crippen LogP contribution in [0.5, 0.6) is 0 Å². The van der Waals surface area contributed by atoms with Gasteiger partial charge in [0.15, 0.2) is 0 Å². The van der Waals surface area contributed by atoms with E-state index in [0.29, 0.717) is 12.1 Å². The second-order valence-electron chi connectivity index (χ2n) is 4.06. The van der Waals surface area contributed by atoms with Crippen LogP contribution in [0.1, 0.15) is 17.2 Å². The average molecular weight is 267 g/mol. The molecule has 100 valence electrons. The molecule has 2 rings (SSSR count). The number of rotatable bonds is 4. The maximum absolute atomic E-state index is 13.7. The van der Waals surface area contributed by atoms with Crippen LogP contribution in [0.4, 0.5) is 13.2 Å². The predicted octanol–water partition coefficient (Wildman–Crippen LogP) is 2.25. The third kappa shape index (κ3) is 3.10. The Morgan fingerprint density at radius 1 is 1.11 bits per heavy atom. The Morgan fingerprint density at radius 2 is 1.68 bits per heavy atom. The van der Waals surface area contributed by atoms with Crippen molar-refractivity contribution in [3.05, 3.63) is 65.2 Å². The molecule has 3 N–H and O–H groups in total. The van der Waals surface area contributed by atoms with Crippen LogP contribution in [0.3, 0.4) is 0 Å². The van der Waals surface area contributed by atoms with Crippen molar-refractivity contribution in [3.63, 3.8) is 0 Å². The fourth-order valence-corrected chi connectivity index (χ4v) is 1.89. The van der Waals surface area contributed by atoms with E-state index in [1.54, 1.807) is 24.5 Å². The van der Waals surface area contributed by atoms with E-state index in [-0.39, 0.29) is 12.0 Å². The van der Waals surface area contributed by atoms with Crippen LogP contribution in [0.15, 0.2) is 36.7 Å². The van der Waals surface area contributed by atoms with Gasteiger partial charge in [-0.1, -0.05) is 0 Å². The van der Waals surface area contributed by atoms with E-state index in [1.165, 1.54) is 0 Å². The van der Waals surface area contributed by atoms with Crippen molar-refractivity contribution in [3.8, 4) is 0 Å². The lowest BCUT2D eigenvalue weighted by Gasteiger charge is -2.18. The number of hydrazine groups is 1. The van der Waals surface area contributed by atoms with Crippen LogP contribution in [0, 0.1) is 17.5 Å². The van der Waals surface area contributed by atoms with Crippen LogP contribution < -0.4 is 11.3 Å². The molecule has 0 aliphatic heterocycles. The van der Waals surface area contributed by atoms with Gasteiger partial charge in [0.2, 0.25) is 0 Å².